The van der Waals surface area contributed by atoms with Crippen LogP contribution in [0.1, 0.15) is 17.5 Å². The maximum absolute atomic E-state index is 12.8. The van der Waals surface area contributed by atoms with Crippen molar-refractivity contribution in [3.8, 4) is 17.0 Å². The summed E-state index contributed by atoms with van der Waals surface area (Å²) in [4.78, 5) is 17.4. The summed E-state index contributed by atoms with van der Waals surface area (Å²) in [5.74, 6) is 1.08. The van der Waals surface area contributed by atoms with Gasteiger partial charge in [0.05, 0.1) is 5.69 Å². The van der Waals surface area contributed by atoms with Crippen LogP contribution in [-0.2, 0) is 11.3 Å². The van der Waals surface area contributed by atoms with Crippen LogP contribution in [0.4, 0.5) is 5.13 Å². The number of aromatic hydroxyl groups is 1. The summed E-state index contributed by atoms with van der Waals surface area (Å²) in [6, 6.07) is 14.7. The quantitative estimate of drug-likeness (QED) is 0.463. The zero-order chi connectivity index (χ0) is 20.6. The van der Waals surface area contributed by atoms with Gasteiger partial charge in [0.25, 0.3) is 0 Å². The third-order valence-corrected chi connectivity index (χ3v) is 6.02. The lowest BCUT2D eigenvalue weighted by Gasteiger charge is -2.18. The number of phenolic OH excluding ortho intramolecular Hbond substituents is 1. The number of thiazole rings is 1. The minimum absolute atomic E-state index is 0.0244. The SMILES string of the molecule is CSCC[C@@H](Nc1nc(-c2ccc(O)cc2)cs1)C(=O)NCc1ccccc1C. The topological polar surface area (TPSA) is 74.2 Å². The van der Waals surface area contributed by atoms with E-state index in [1.165, 1.54) is 16.9 Å². The van der Waals surface area contributed by atoms with Crippen LogP contribution in [0.3, 0.4) is 0 Å². The van der Waals surface area contributed by atoms with Gasteiger partial charge in [-0.2, -0.15) is 11.8 Å². The summed E-state index contributed by atoms with van der Waals surface area (Å²) in [7, 11) is 0. The summed E-state index contributed by atoms with van der Waals surface area (Å²) in [5, 5.41) is 18.5. The number of amides is 1. The van der Waals surface area contributed by atoms with Gasteiger partial charge in [0.1, 0.15) is 11.8 Å². The molecule has 0 aliphatic heterocycles. The lowest BCUT2D eigenvalue weighted by atomic mass is 10.1. The molecule has 1 heterocycles. The number of aromatic nitrogens is 1. The molecule has 2 aromatic carbocycles. The molecule has 0 aliphatic carbocycles. The van der Waals surface area contributed by atoms with Gasteiger partial charge in [-0.15, -0.1) is 11.3 Å². The zero-order valence-corrected chi connectivity index (χ0v) is 18.1. The van der Waals surface area contributed by atoms with E-state index >= 15 is 0 Å². The molecule has 0 aliphatic rings. The largest absolute Gasteiger partial charge is 0.508 e. The van der Waals surface area contributed by atoms with Crippen LogP contribution in [0.2, 0.25) is 0 Å². The van der Waals surface area contributed by atoms with Crippen molar-refractivity contribution in [2.45, 2.75) is 25.9 Å². The van der Waals surface area contributed by atoms with Gasteiger partial charge in [-0.1, -0.05) is 24.3 Å². The van der Waals surface area contributed by atoms with Crippen LogP contribution in [0.5, 0.6) is 5.75 Å². The van der Waals surface area contributed by atoms with Crippen molar-refractivity contribution < 1.29 is 9.90 Å². The van der Waals surface area contributed by atoms with Crippen LogP contribution < -0.4 is 10.6 Å². The molecule has 152 valence electrons. The first-order valence-electron chi connectivity index (χ1n) is 9.39. The van der Waals surface area contributed by atoms with Gasteiger partial charge in [0, 0.05) is 17.5 Å². The minimum atomic E-state index is -0.342. The Labute approximate surface area is 179 Å². The van der Waals surface area contributed by atoms with Crippen LogP contribution >= 0.6 is 23.1 Å². The normalized spacial score (nSPS) is 11.8. The van der Waals surface area contributed by atoms with Crippen LogP contribution in [-0.4, -0.2) is 34.0 Å². The second-order valence-corrected chi connectivity index (χ2v) is 8.55. The molecule has 0 radical (unpaired) electrons. The van der Waals surface area contributed by atoms with Crippen molar-refractivity contribution in [2.24, 2.45) is 0 Å². The van der Waals surface area contributed by atoms with E-state index in [0.29, 0.717) is 11.7 Å². The number of anilines is 1. The van der Waals surface area contributed by atoms with E-state index in [2.05, 4.69) is 15.6 Å². The number of hydrogen-bond acceptors (Lipinski definition) is 6. The number of phenols is 1. The van der Waals surface area contributed by atoms with Crippen LogP contribution in [0.15, 0.2) is 53.9 Å². The Hall–Kier alpha value is -2.51. The fourth-order valence-electron chi connectivity index (χ4n) is 2.87. The molecule has 3 aromatic rings. The van der Waals surface area contributed by atoms with Crippen molar-refractivity contribution in [1.29, 1.82) is 0 Å². The van der Waals surface area contributed by atoms with E-state index in [0.717, 1.165) is 29.0 Å². The highest BCUT2D eigenvalue weighted by molar-refractivity contribution is 7.98. The first kappa shape index (κ1) is 21.2. The first-order valence-corrected chi connectivity index (χ1v) is 11.7. The molecule has 3 rings (SSSR count). The molecule has 0 saturated heterocycles. The number of benzene rings is 2. The molecule has 5 nitrogen and oxygen atoms in total. The van der Waals surface area contributed by atoms with Crippen LogP contribution in [0, 0.1) is 6.92 Å². The summed E-state index contributed by atoms with van der Waals surface area (Å²) < 4.78 is 0. The van der Waals surface area contributed by atoms with Crippen molar-refractivity contribution >= 4 is 34.1 Å². The number of hydrogen-bond donors (Lipinski definition) is 3. The predicted octanol–water partition coefficient (Wildman–Crippen LogP) is 4.67. The standard InChI is InChI=1S/C22H25N3O2S2/c1-15-5-3-4-6-17(15)13-23-21(27)19(11-12-28-2)24-22-25-20(14-29-22)16-7-9-18(26)10-8-16/h3-10,14,19,26H,11-13H2,1-2H3,(H,23,27)(H,24,25)/t19-/m1/s1. The Balaban J connectivity index is 1.66. The van der Waals surface area contributed by atoms with Gasteiger partial charge < -0.3 is 15.7 Å². The van der Waals surface area contributed by atoms with E-state index in [9.17, 15) is 9.90 Å². The molecule has 3 N–H and O–H groups in total. The fraction of sp³-hybridized carbons (Fsp3) is 0.273. The average molecular weight is 428 g/mol. The van der Waals surface area contributed by atoms with Crippen molar-refractivity contribution in [3.63, 3.8) is 0 Å². The molecule has 0 fully saturated rings. The number of thioether (sulfide) groups is 1. The summed E-state index contributed by atoms with van der Waals surface area (Å²) in [6.07, 6.45) is 2.75. The monoisotopic (exact) mass is 427 g/mol. The summed E-state index contributed by atoms with van der Waals surface area (Å²) in [5.41, 5.74) is 4.03. The summed E-state index contributed by atoms with van der Waals surface area (Å²) >= 11 is 3.19. The average Bonchev–Trinajstić information content (AvgIpc) is 3.19. The number of nitrogens with zero attached hydrogens (tertiary/aromatic N) is 1. The second kappa shape index (κ2) is 10.3. The Morgan fingerprint density at radius 1 is 1.21 bits per heavy atom. The molecular formula is C22H25N3O2S2. The maximum atomic E-state index is 12.8. The lowest BCUT2D eigenvalue weighted by molar-refractivity contribution is -0.122. The number of nitrogens with one attached hydrogen (secondary N) is 2. The van der Waals surface area contributed by atoms with Gasteiger partial charge in [0.2, 0.25) is 5.91 Å². The molecular weight excluding hydrogens is 402 g/mol. The Bertz CT molecular complexity index is 941. The zero-order valence-electron chi connectivity index (χ0n) is 16.5. The highest BCUT2D eigenvalue weighted by Gasteiger charge is 2.19. The number of carbonyl (C=O) groups is 1. The van der Waals surface area contributed by atoms with Gasteiger partial charge in [-0.3, -0.25) is 4.79 Å². The number of rotatable bonds is 9. The smallest absolute Gasteiger partial charge is 0.242 e. The van der Waals surface area contributed by atoms with Crippen molar-refractivity contribution in [2.75, 3.05) is 17.3 Å². The molecule has 7 heteroatoms. The Morgan fingerprint density at radius 3 is 2.69 bits per heavy atom. The molecule has 1 amide bonds. The molecule has 0 unspecified atom stereocenters. The minimum Gasteiger partial charge on any atom is -0.508 e. The van der Waals surface area contributed by atoms with E-state index in [-0.39, 0.29) is 17.7 Å². The van der Waals surface area contributed by atoms with E-state index < -0.39 is 0 Å². The lowest BCUT2D eigenvalue weighted by Crippen LogP contribution is -2.39. The number of carbonyl (C=O) groups excluding carboxylic acids is 1. The molecule has 0 spiro atoms. The van der Waals surface area contributed by atoms with Gasteiger partial charge in [-0.05, 0) is 60.7 Å². The second-order valence-electron chi connectivity index (χ2n) is 6.71. The van der Waals surface area contributed by atoms with Crippen molar-refractivity contribution in [3.05, 3.63) is 65.0 Å². The predicted molar refractivity (Wildman–Crippen MR) is 123 cm³/mol. The molecule has 0 saturated carbocycles. The van der Waals surface area contributed by atoms with Crippen molar-refractivity contribution in [1.82, 2.24) is 10.3 Å². The summed E-state index contributed by atoms with van der Waals surface area (Å²) in [6.45, 7) is 2.56. The third kappa shape index (κ3) is 5.98. The number of aryl methyl sites for hydroxylation is 1. The highest BCUT2D eigenvalue weighted by Crippen LogP contribution is 2.27. The Kier molecular flexibility index (Phi) is 7.55. The van der Waals surface area contributed by atoms with Crippen LogP contribution in [0.25, 0.3) is 11.3 Å². The molecule has 1 atom stereocenters. The molecule has 0 bridgehead atoms. The third-order valence-electron chi connectivity index (χ3n) is 4.61. The van der Waals surface area contributed by atoms with Gasteiger partial charge >= 0.3 is 0 Å². The maximum Gasteiger partial charge on any atom is 0.242 e. The fourth-order valence-corrected chi connectivity index (χ4v) is 4.12. The molecule has 1 aromatic heterocycles. The van der Waals surface area contributed by atoms with Gasteiger partial charge in [0.15, 0.2) is 5.13 Å². The van der Waals surface area contributed by atoms with E-state index in [1.54, 1.807) is 23.9 Å². The van der Waals surface area contributed by atoms with E-state index in [1.807, 2.05) is 55.0 Å². The van der Waals surface area contributed by atoms with E-state index in [4.69, 9.17) is 0 Å². The van der Waals surface area contributed by atoms with Gasteiger partial charge in [-0.25, -0.2) is 4.98 Å². The molecule has 29 heavy (non-hydrogen) atoms. The Morgan fingerprint density at radius 2 is 1.97 bits per heavy atom. The highest BCUT2D eigenvalue weighted by atomic mass is 32.2. The first-order chi connectivity index (χ1) is 14.1.